The molecule has 0 unspecified atom stereocenters. The highest BCUT2D eigenvalue weighted by Crippen LogP contribution is 2.35. The standard InChI is InChI=1S/C19H29N3O/c1-19(2,3)18(23)22-15-14-21(13-12-20-10-6-7-11-20)16-8-4-5-9-17(16)22/h4-5,8-9H,6-7,10-15H2,1-3H3. The van der Waals surface area contributed by atoms with Gasteiger partial charge in [0.25, 0.3) is 0 Å². The molecular weight excluding hydrogens is 286 g/mol. The summed E-state index contributed by atoms with van der Waals surface area (Å²) in [5.41, 5.74) is 1.93. The number of rotatable bonds is 3. The fourth-order valence-corrected chi connectivity index (χ4v) is 3.54. The molecule has 1 amide bonds. The Labute approximate surface area is 140 Å². The zero-order valence-corrected chi connectivity index (χ0v) is 14.7. The molecule has 2 heterocycles. The van der Waals surface area contributed by atoms with Gasteiger partial charge in [-0.1, -0.05) is 32.9 Å². The molecule has 0 aliphatic carbocycles. The van der Waals surface area contributed by atoms with Gasteiger partial charge in [0, 0.05) is 31.6 Å². The molecule has 0 aromatic heterocycles. The number of benzene rings is 1. The average molecular weight is 315 g/mol. The number of hydrogen-bond acceptors (Lipinski definition) is 3. The average Bonchev–Trinajstić information content (AvgIpc) is 3.04. The Morgan fingerprint density at radius 2 is 1.61 bits per heavy atom. The Kier molecular flexibility index (Phi) is 4.62. The van der Waals surface area contributed by atoms with Gasteiger partial charge in [-0.25, -0.2) is 0 Å². The first-order valence-electron chi connectivity index (χ1n) is 8.85. The molecule has 0 spiro atoms. The van der Waals surface area contributed by atoms with Crippen LogP contribution in [0.25, 0.3) is 0 Å². The van der Waals surface area contributed by atoms with Crippen molar-refractivity contribution in [2.45, 2.75) is 33.6 Å². The van der Waals surface area contributed by atoms with Crippen LogP contribution in [-0.2, 0) is 4.79 Å². The SMILES string of the molecule is CC(C)(C)C(=O)N1CCN(CCN2CCCC2)c2ccccc21. The Hall–Kier alpha value is -1.55. The van der Waals surface area contributed by atoms with Gasteiger partial charge in [0.05, 0.1) is 11.4 Å². The van der Waals surface area contributed by atoms with Crippen LogP contribution < -0.4 is 9.80 Å². The summed E-state index contributed by atoms with van der Waals surface area (Å²) in [6, 6.07) is 8.35. The van der Waals surface area contributed by atoms with Gasteiger partial charge in [0.1, 0.15) is 0 Å². The predicted octanol–water partition coefficient (Wildman–Crippen LogP) is 2.98. The molecule has 2 aliphatic heterocycles. The first-order valence-corrected chi connectivity index (χ1v) is 8.85. The maximum absolute atomic E-state index is 12.8. The summed E-state index contributed by atoms with van der Waals surface area (Å²) in [6.45, 7) is 12.4. The first-order chi connectivity index (χ1) is 11.0. The van der Waals surface area contributed by atoms with Crippen molar-refractivity contribution in [1.29, 1.82) is 0 Å². The van der Waals surface area contributed by atoms with Crippen molar-refractivity contribution in [1.82, 2.24) is 4.90 Å². The van der Waals surface area contributed by atoms with E-state index in [-0.39, 0.29) is 11.3 Å². The van der Waals surface area contributed by atoms with E-state index in [0.717, 1.165) is 31.9 Å². The topological polar surface area (TPSA) is 26.8 Å². The number of carbonyl (C=O) groups excluding carboxylic acids is 1. The normalized spacial score (nSPS) is 19.1. The minimum atomic E-state index is -0.342. The van der Waals surface area contributed by atoms with Gasteiger partial charge in [-0.15, -0.1) is 0 Å². The van der Waals surface area contributed by atoms with E-state index < -0.39 is 0 Å². The Balaban J connectivity index is 1.76. The monoisotopic (exact) mass is 315 g/mol. The van der Waals surface area contributed by atoms with Crippen LogP contribution in [0.2, 0.25) is 0 Å². The molecule has 0 saturated carbocycles. The van der Waals surface area contributed by atoms with E-state index in [1.54, 1.807) is 0 Å². The highest BCUT2D eigenvalue weighted by molar-refractivity contribution is 6.00. The molecule has 0 bridgehead atoms. The molecule has 3 rings (SSSR count). The molecule has 2 aliphatic rings. The number of anilines is 2. The van der Waals surface area contributed by atoms with Crippen LogP contribution in [0.5, 0.6) is 0 Å². The highest BCUT2D eigenvalue weighted by Gasteiger charge is 2.32. The molecule has 1 aromatic rings. The summed E-state index contributed by atoms with van der Waals surface area (Å²) in [5.74, 6) is 0.212. The van der Waals surface area contributed by atoms with Gasteiger partial charge in [-0.2, -0.15) is 0 Å². The number of amides is 1. The van der Waals surface area contributed by atoms with Crippen LogP contribution in [-0.4, -0.2) is 50.1 Å². The Morgan fingerprint density at radius 3 is 2.26 bits per heavy atom. The first kappa shape index (κ1) is 16.3. The maximum atomic E-state index is 12.8. The lowest BCUT2D eigenvalue weighted by atomic mass is 9.93. The van der Waals surface area contributed by atoms with E-state index in [9.17, 15) is 4.79 Å². The molecule has 0 N–H and O–H groups in total. The second kappa shape index (κ2) is 6.52. The molecular formula is C19H29N3O. The fraction of sp³-hybridized carbons (Fsp3) is 0.632. The third kappa shape index (κ3) is 3.52. The molecule has 126 valence electrons. The van der Waals surface area contributed by atoms with Gasteiger partial charge >= 0.3 is 0 Å². The molecule has 0 radical (unpaired) electrons. The Bertz CT molecular complexity index is 558. The largest absolute Gasteiger partial charge is 0.367 e. The second-order valence-electron chi connectivity index (χ2n) is 7.73. The van der Waals surface area contributed by atoms with E-state index >= 15 is 0 Å². The van der Waals surface area contributed by atoms with Crippen molar-refractivity contribution >= 4 is 17.3 Å². The van der Waals surface area contributed by atoms with Crippen LogP contribution in [0, 0.1) is 5.41 Å². The number of fused-ring (bicyclic) bond motifs is 1. The number of nitrogens with zero attached hydrogens (tertiary/aromatic N) is 3. The number of likely N-dealkylation sites (tertiary alicyclic amines) is 1. The molecule has 4 heteroatoms. The maximum Gasteiger partial charge on any atom is 0.232 e. The lowest BCUT2D eigenvalue weighted by Gasteiger charge is -2.40. The predicted molar refractivity (Wildman–Crippen MR) is 96.1 cm³/mol. The van der Waals surface area contributed by atoms with Crippen LogP contribution in [0.3, 0.4) is 0 Å². The summed E-state index contributed by atoms with van der Waals surface area (Å²) >= 11 is 0. The summed E-state index contributed by atoms with van der Waals surface area (Å²) in [6.07, 6.45) is 2.68. The van der Waals surface area contributed by atoms with E-state index in [4.69, 9.17) is 0 Å². The van der Waals surface area contributed by atoms with Gasteiger partial charge in [-0.05, 0) is 38.1 Å². The van der Waals surface area contributed by atoms with Crippen molar-refractivity contribution in [3.8, 4) is 0 Å². The number of hydrogen-bond donors (Lipinski definition) is 0. The lowest BCUT2D eigenvalue weighted by Crippen LogP contribution is -2.49. The van der Waals surface area contributed by atoms with Crippen molar-refractivity contribution in [3.63, 3.8) is 0 Å². The van der Waals surface area contributed by atoms with Gasteiger partial charge < -0.3 is 14.7 Å². The molecule has 1 saturated heterocycles. The summed E-state index contributed by atoms with van der Waals surface area (Å²) in [5, 5.41) is 0. The third-order valence-corrected chi connectivity index (χ3v) is 4.88. The molecule has 0 atom stereocenters. The smallest absolute Gasteiger partial charge is 0.232 e. The zero-order chi connectivity index (χ0) is 16.4. The van der Waals surface area contributed by atoms with E-state index in [2.05, 4.69) is 28.0 Å². The third-order valence-electron chi connectivity index (χ3n) is 4.88. The van der Waals surface area contributed by atoms with Crippen LogP contribution in [0.4, 0.5) is 11.4 Å². The summed E-state index contributed by atoms with van der Waals surface area (Å²) in [7, 11) is 0. The summed E-state index contributed by atoms with van der Waals surface area (Å²) < 4.78 is 0. The molecule has 23 heavy (non-hydrogen) atoms. The van der Waals surface area contributed by atoms with E-state index in [0.29, 0.717) is 0 Å². The van der Waals surface area contributed by atoms with Gasteiger partial charge in [0.2, 0.25) is 5.91 Å². The molecule has 1 aromatic carbocycles. The molecule has 4 nitrogen and oxygen atoms in total. The van der Waals surface area contributed by atoms with Gasteiger partial charge in [-0.3, -0.25) is 4.79 Å². The fourth-order valence-electron chi connectivity index (χ4n) is 3.54. The summed E-state index contributed by atoms with van der Waals surface area (Å²) in [4.78, 5) is 19.7. The minimum absolute atomic E-state index is 0.212. The quantitative estimate of drug-likeness (QED) is 0.858. The van der Waals surface area contributed by atoms with Gasteiger partial charge in [0.15, 0.2) is 0 Å². The van der Waals surface area contributed by atoms with Crippen LogP contribution in [0.15, 0.2) is 24.3 Å². The Morgan fingerprint density at radius 1 is 0.957 bits per heavy atom. The lowest BCUT2D eigenvalue weighted by molar-refractivity contribution is -0.125. The van der Waals surface area contributed by atoms with E-state index in [1.165, 1.54) is 31.6 Å². The van der Waals surface area contributed by atoms with Crippen molar-refractivity contribution in [3.05, 3.63) is 24.3 Å². The van der Waals surface area contributed by atoms with Crippen molar-refractivity contribution in [2.24, 2.45) is 5.41 Å². The number of para-hydroxylation sites is 2. The van der Waals surface area contributed by atoms with Crippen LogP contribution in [0.1, 0.15) is 33.6 Å². The second-order valence-corrected chi connectivity index (χ2v) is 7.73. The molecule has 1 fully saturated rings. The van der Waals surface area contributed by atoms with Crippen molar-refractivity contribution < 1.29 is 4.79 Å². The van der Waals surface area contributed by atoms with Crippen LogP contribution >= 0.6 is 0 Å². The minimum Gasteiger partial charge on any atom is -0.367 e. The van der Waals surface area contributed by atoms with Crippen molar-refractivity contribution in [2.75, 3.05) is 49.1 Å². The number of carbonyl (C=O) groups is 1. The zero-order valence-electron chi connectivity index (χ0n) is 14.7. The van der Waals surface area contributed by atoms with E-state index in [1.807, 2.05) is 31.7 Å². The highest BCUT2D eigenvalue weighted by atomic mass is 16.2.